The van der Waals surface area contributed by atoms with Gasteiger partial charge in [-0.25, -0.2) is 0 Å². The van der Waals surface area contributed by atoms with Gasteiger partial charge in [-0.1, -0.05) is 42.5 Å². The van der Waals surface area contributed by atoms with Gasteiger partial charge in [-0.15, -0.1) is 0 Å². The highest BCUT2D eigenvalue weighted by Crippen LogP contribution is 2.38. The molecule has 1 unspecified atom stereocenters. The zero-order chi connectivity index (χ0) is 13.9. The Bertz CT molecular complexity index is 566. The van der Waals surface area contributed by atoms with Gasteiger partial charge in [0.2, 0.25) is 0 Å². The molecule has 2 heteroatoms. The van der Waals surface area contributed by atoms with Gasteiger partial charge in [-0.05, 0) is 42.9 Å². The number of hydrogen-bond donors (Lipinski definition) is 1. The summed E-state index contributed by atoms with van der Waals surface area (Å²) in [5.41, 5.74) is 3.64. The lowest BCUT2D eigenvalue weighted by molar-refractivity contribution is 0.109. The maximum atomic E-state index is 10.7. The summed E-state index contributed by atoms with van der Waals surface area (Å²) in [5.74, 6) is 1.05. The van der Waals surface area contributed by atoms with E-state index in [1.54, 1.807) is 0 Å². The minimum absolute atomic E-state index is 0.244. The second kappa shape index (κ2) is 5.68. The van der Waals surface area contributed by atoms with Crippen LogP contribution in [0.4, 0.5) is 0 Å². The lowest BCUT2D eigenvalue weighted by atomic mass is 9.92. The van der Waals surface area contributed by atoms with Gasteiger partial charge >= 0.3 is 0 Å². The lowest BCUT2D eigenvalue weighted by Crippen LogP contribution is -2.14. The summed E-state index contributed by atoms with van der Waals surface area (Å²) in [6.45, 7) is 2.59. The number of aliphatic hydroxyl groups is 1. The third-order valence-electron chi connectivity index (χ3n) is 4.07. The quantitative estimate of drug-likeness (QED) is 0.919. The molecule has 0 saturated carbocycles. The molecule has 0 fully saturated rings. The molecule has 2 aromatic carbocycles. The zero-order valence-electron chi connectivity index (χ0n) is 11.8. The van der Waals surface area contributed by atoms with Crippen LogP contribution in [0.25, 0.3) is 0 Å². The van der Waals surface area contributed by atoms with Crippen LogP contribution in [0.1, 0.15) is 29.7 Å². The minimum Gasteiger partial charge on any atom is -0.493 e. The molecule has 0 radical (unpaired) electrons. The van der Waals surface area contributed by atoms with E-state index in [0.29, 0.717) is 6.61 Å². The molecule has 0 bridgehead atoms. The average Bonchev–Trinajstić information content (AvgIpc) is 2.91. The topological polar surface area (TPSA) is 29.5 Å². The Labute approximate surface area is 120 Å². The van der Waals surface area contributed by atoms with Crippen LogP contribution >= 0.6 is 0 Å². The van der Waals surface area contributed by atoms with Gasteiger partial charge in [0.15, 0.2) is 0 Å². The summed E-state index contributed by atoms with van der Waals surface area (Å²) < 4.78 is 5.63. The second-order valence-electron chi connectivity index (χ2n) is 5.35. The van der Waals surface area contributed by atoms with Gasteiger partial charge < -0.3 is 9.84 Å². The number of aliphatic hydroxyl groups excluding tert-OH is 1. The van der Waals surface area contributed by atoms with E-state index in [0.717, 1.165) is 24.2 Å². The number of rotatable bonds is 4. The van der Waals surface area contributed by atoms with Gasteiger partial charge in [0, 0.05) is 5.56 Å². The molecule has 3 rings (SSSR count). The molecule has 104 valence electrons. The van der Waals surface area contributed by atoms with Crippen molar-refractivity contribution in [3.63, 3.8) is 0 Å². The SMILES string of the molecule is CCOc1ccccc1C(O)C1Cc2ccccc2C1. The van der Waals surface area contributed by atoms with Gasteiger partial charge in [0.1, 0.15) is 5.75 Å². The Balaban J connectivity index is 1.83. The predicted molar refractivity (Wildman–Crippen MR) is 79.9 cm³/mol. The molecule has 1 aliphatic carbocycles. The maximum Gasteiger partial charge on any atom is 0.125 e. The van der Waals surface area contributed by atoms with Crippen LogP contribution < -0.4 is 4.74 Å². The lowest BCUT2D eigenvalue weighted by Gasteiger charge is -2.20. The molecule has 0 aromatic heterocycles. The highest BCUT2D eigenvalue weighted by atomic mass is 16.5. The highest BCUT2D eigenvalue weighted by molar-refractivity contribution is 5.38. The first-order valence-electron chi connectivity index (χ1n) is 7.26. The monoisotopic (exact) mass is 268 g/mol. The Kier molecular flexibility index (Phi) is 3.75. The number of benzene rings is 2. The molecular formula is C18H20O2. The standard InChI is InChI=1S/C18H20O2/c1-2-20-17-10-6-5-9-16(17)18(19)15-11-13-7-3-4-8-14(13)12-15/h3-10,15,18-19H,2,11-12H2,1H3. The van der Waals surface area contributed by atoms with E-state index in [1.807, 2.05) is 31.2 Å². The van der Waals surface area contributed by atoms with Gasteiger partial charge in [-0.2, -0.15) is 0 Å². The number of ether oxygens (including phenoxy) is 1. The molecule has 0 spiro atoms. The fourth-order valence-corrected chi connectivity index (χ4v) is 3.08. The van der Waals surface area contributed by atoms with Crippen LogP contribution in [0.5, 0.6) is 5.75 Å². The number of fused-ring (bicyclic) bond motifs is 1. The molecule has 2 aromatic rings. The molecule has 1 N–H and O–H groups in total. The summed E-state index contributed by atoms with van der Waals surface area (Å²) in [6, 6.07) is 16.3. The third-order valence-corrected chi connectivity index (χ3v) is 4.07. The number of para-hydroxylation sites is 1. The first-order valence-corrected chi connectivity index (χ1v) is 7.26. The van der Waals surface area contributed by atoms with Crippen molar-refractivity contribution in [2.24, 2.45) is 5.92 Å². The van der Waals surface area contributed by atoms with Crippen molar-refractivity contribution < 1.29 is 9.84 Å². The summed E-state index contributed by atoms with van der Waals surface area (Å²) in [5, 5.41) is 10.7. The summed E-state index contributed by atoms with van der Waals surface area (Å²) >= 11 is 0. The normalized spacial score (nSPS) is 15.9. The molecule has 0 saturated heterocycles. The smallest absolute Gasteiger partial charge is 0.125 e. The molecule has 0 heterocycles. The van der Waals surface area contributed by atoms with Crippen LogP contribution in [0.3, 0.4) is 0 Å². The Hall–Kier alpha value is -1.80. The molecule has 0 amide bonds. The fourth-order valence-electron chi connectivity index (χ4n) is 3.08. The van der Waals surface area contributed by atoms with E-state index in [4.69, 9.17) is 4.74 Å². The van der Waals surface area contributed by atoms with Crippen LogP contribution in [0, 0.1) is 5.92 Å². The molecule has 1 atom stereocenters. The van der Waals surface area contributed by atoms with E-state index in [2.05, 4.69) is 24.3 Å². The predicted octanol–water partition coefficient (Wildman–Crippen LogP) is 3.53. The van der Waals surface area contributed by atoms with Gasteiger partial charge in [0.25, 0.3) is 0 Å². The van der Waals surface area contributed by atoms with E-state index >= 15 is 0 Å². The minimum atomic E-state index is -0.467. The Morgan fingerprint density at radius 1 is 1.05 bits per heavy atom. The molecule has 20 heavy (non-hydrogen) atoms. The van der Waals surface area contributed by atoms with E-state index < -0.39 is 6.10 Å². The van der Waals surface area contributed by atoms with Crippen molar-refractivity contribution in [3.8, 4) is 5.75 Å². The van der Waals surface area contributed by atoms with Crippen molar-refractivity contribution in [1.29, 1.82) is 0 Å². The first kappa shape index (κ1) is 13.2. The first-order chi connectivity index (χ1) is 9.79. The van der Waals surface area contributed by atoms with Crippen LogP contribution in [0.2, 0.25) is 0 Å². The van der Waals surface area contributed by atoms with E-state index in [1.165, 1.54) is 11.1 Å². The number of hydrogen-bond acceptors (Lipinski definition) is 2. The summed E-state index contributed by atoms with van der Waals surface area (Å²) in [4.78, 5) is 0. The largest absolute Gasteiger partial charge is 0.493 e. The molecule has 2 nitrogen and oxygen atoms in total. The summed E-state index contributed by atoms with van der Waals surface area (Å²) in [6.07, 6.45) is 1.42. The van der Waals surface area contributed by atoms with Crippen molar-refractivity contribution in [3.05, 3.63) is 65.2 Å². The second-order valence-corrected chi connectivity index (χ2v) is 5.35. The van der Waals surface area contributed by atoms with Crippen LogP contribution in [-0.2, 0) is 12.8 Å². The molecule has 1 aliphatic rings. The van der Waals surface area contributed by atoms with Crippen LogP contribution in [-0.4, -0.2) is 11.7 Å². The fraction of sp³-hybridized carbons (Fsp3) is 0.333. The Morgan fingerprint density at radius 2 is 1.65 bits per heavy atom. The molecular weight excluding hydrogens is 248 g/mol. The third kappa shape index (κ3) is 2.44. The Morgan fingerprint density at radius 3 is 2.30 bits per heavy atom. The average molecular weight is 268 g/mol. The van der Waals surface area contributed by atoms with Gasteiger partial charge in [0.05, 0.1) is 12.7 Å². The summed E-state index contributed by atoms with van der Waals surface area (Å²) in [7, 11) is 0. The zero-order valence-corrected chi connectivity index (χ0v) is 11.8. The van der Waals surface area contributed by atoms with Crippen molar-refractivity contribution in [2.45, 2.75) is 25.9 Å². The molecule has 0 aliphatic heterocycles. The van der Waals surface area contributed by atoms with Crippen molar-refractivity contribution in [1.82, 2.24) is 0 Å². The maximum absolute atomic E-state index is 10.7. The van der Waals surface area contributed by atoms with Crippen molar-refractivity contribution in [2.75, 3.05) is 6.61 Å². The highest BCUT2D eigenvalue weighted by Gasteiger charge is 2.29. The van der Waals surface area contributed by atoms with Crippen molar-refractivity contribution >= 4 is 0 Å². The van der Waals surface area contributed by atoms with E-state index in [-0.39, 0.29) is 5.92 Å². The van der Waals surface area contributed by atoms with Gasteiger partial charge in [-0.3, -0.25) is 0 Å². The van der Waals surface area contributed by atoms with Crippen LogP contribution in [0.15, 0.2) is 48.5 Å². The van der Waals surface area contributed by atoms with E-state index in [9.17, 15) is 5.11 Å².